The lowest BCUT2D eigenvalue weighted by Crippen LogP contribution is -2.42. The lowest BCUT2D eigenvalue weighted by Gasteiger charge is -2.32. The third kappa shape index (κ3) is 15.6. The third-order valence-electron chi connectivity index (χ3n) is 13.3. The fourth-order valence-corrected chi connectivity index (χ4v) is 9.54. The van der Waals surface area contributed by atoms with Crippen LogP contribution in [0.1, 0.15) is 31.2 Å². The first-order valence-corrected chi connectivity index (χ1v) is 27.0. The molecule has 0 bridgehead atoms. The molecule has 0 spiro atoms. The Morgan fingerprint density at radius 3 is 1.65 bits per heavy atom. The summed E-state index contributed by atoms with van der Waals surface area (Å²) < 4.78 is 65.3. The molecule has 0 radical (unpaired) electrons. The van der Waals surface area contributed by atoms with Crippen LogP contribution < -0.4 is 35.9 Å². The van der Waals surface area contributed by atoms with E-state index in [4.69, 9.17) is 34.2 Å². The number of nitrogens with zero attached hydrogens (tertiary/aromatic N) is 7. The molecule has 2 fully saturated rings. The Labute approximate surface area is 465 Å². The molecule has 2 aromatic heterocycles. The van der Waals surface area contributed by atoms with Crippen molar-refractivity contribution in [3.63, 3.8) is 0 Å². The summed E-state index contributed by atoms with van der Waals surface area (Å²) >= 11 is 6.55. The number of aromatic nitrogens is 4. The summed E-state index contributed by atoms with van der Waals surface area (Å²) in [5.41, 5.74) is 7.63. The number of ether oxygens (including phenoxy) is 6. The summed E-state index contributed by atoms with van der Waals surface area (Å²) in [5.74, 6) is 1.58. The second-order valence-corrected chi connectivity index (χ2v) is 20.3. The van der Waals surface area contributed by atoms with Crippen LogP contribution in [-0.4, -0.2) is 157 Å². The number of piperidine rings is 2. The number of nitrogens with two attached hydrogens (primary N) is 1. The molecule has 3 amide bonds. The zero-order valence-corrected chi connectivity index (χ0v) is 46.0. The van der Waals surface area contributed by atoms with Gasteiger partial charge in [0.15, 0.2) is 11.5 Å². The Bertz CT molecular complexity index is 2840. The lowest BCUT2D eigenvalue weighted by molar-refractivity contribution is 0.0560. The number of carbonyl (C=O) groups is 3. The maximum absolute atomic E-state index is 14.6. The number of aliphatic hydroxyl groups excluding tert-OH is 1. The fourth-order valence-electron chi connectivity index (χ4n) is 8.87. The van der Waals surface area contributed by atoms with Gasteiger partial charge in [-0.1, -0.05) is 31.9 Å². The maximum Gasteiger partial charge on any atom is 0.409 e. The van der Waals surface area contributed by atoms with Crippen LogP contribution in [-0.2, 0) is 20.8 Å². The number of rotatable bonds is 23. The van der Waals surface area contributed by atoms with Crippen LogP contribution in [0.2, 0.25) is 0 Å². The Balaban J connectivity index is 0.759. The Kier molecular flexibility index (Phi) is 20.6. The van der Waals surface area contributed by atoms with Gasteiger partial charge < -0.3 is 65.0 Å². The van der Waals surface area contributed by atoms with E-state index in [-0.39, 0.29) is 82.4 Å². The lowest BCUT2D eigenvalue weighted by atomic mass is 9.98. The molecule has 2 saturated heterocycles. The monoisotopic (exact) mass is 1210 g/mol. The summed E-state index contributed by atoms with van der Waals surface area (Å²) in [4.78, 5) is 61.2. The van der Waals surface area contributed by atoms with E-state index in [0.29, 0.717) is 130 Å². The molecule has 6 aromatic rings. The van der Waals surface area contributed by atoms with Crippen molar-refractivity contribution in [2.75, 3.05) is 110 Å². The van der Waals surface area contributed by atoms with Gasteiger partial charge >= 0.3 is 18.3 Å². The number of hydrogen-bond acceptors (Lipinski definition) is 18. The number of halogens is 4. The molecule has 0 aliphatic carbocycles. The summed E-state index contributed by atoms with van der Waals surface area (Å²) in [6.45, 7) is 3.77. The van der Waals surface area contributed by atoms with Crippen molar-refractivity contribution in [1.29, 1.82) is 0 Å². The summed E-state index contributed by atoms with van der Waals surface area (Å²) in [6, 6.07) is 16.3. The Morgan fingerprint density at radius 1 is 0.679 bits per heavy atom. The van der Waals surface area contributed by atoms with E-state index in [2.05, 4.69) is 67.7 Å². The first kappa shape index (κ1) is 57.3. The van der Waals surface area contributed by atoms with Gasteiger partial charge in [0, 0.05) is 96.3 Å². The quantitative estimate of drug-likeness (QED) is 0.0377. The highest BCUT2D eigenvalue weighted by Crippen LogP contribution is 2.37. The van der Waals surface area contributed by atoms with Crippen LogP contribution in [0, 0.1) is 23.5 Å². The average molecular weight is 1210 g/mol. The number of methoxy groups -OCH3 is 1. The zero-order chi connectivity index (χ0) is 55.0. The number of benzene rings is 4. The second-order valence-electron chi connectivity index (χ2n) is 18.5. The molecule has 4 heterocycles. The van der Waals surface area contributed by atoms with E-state index in [0.717, 1.165) is 0 Å². The van der Waals surface area contributed by atoms with Crippen molar-refractivity contribution in [3.05, 3.63) is 99.5 Å². The molecule has 8 rings (SSSR count). The van der Waals surface area contributed by atoms with Gasteiger partial charge in [0.1, 0.15) is 61.5 Å². The van der Waals surface area contributed by atoms with Gasteiger partial charge in [-0.2, -0.15) is 0 Å². The number of carbonyl (C=O) groups excluding carboxylic acids is 3. The molecule has 4 aromatic carbocycles. The number of alkyl carbamates (subject to hydrolysis) is 1. The van der Waals surface area contributed by atoms with E-state index < -0.39 is 29.9 Å². The predicted octanol–water partition coefficient (Wildman–Crippen LogP) is 8.51. The zero-order valence-electron chi connectivity index (χ0n) is 42.9. The highest BCUT2D eigenvalue weighted by molar-refractivity contribution is 9.10. The first-order valence-electron chi connectivity index (χ1n) is 25.4. The van der Waals surface area contributed by atoms with Gasteiger partial charge in [-0.05, 0) is 86.1 Å². The van der Waals surface area contributed by atoms with E-state index in [1.165, 1.54) is 31.9 Å². The normalized spacial score (nSPS) is 14.1. The molecule has 25 heteroatoms. The topological polar surface area (TPSA) is 250 Å². The van der Waals surface area contributed by atoms with Crippen LogP contribution >= 0.6 is 31.9 Å². The van der Waals surface area contributed by atoms with E-state index in [1.54, 1.807) is 58.3 Å². The van der Waals surface area contributed by atoms with Gasteiger partial charge in [0.05, 0.1) is 49.3 Å². The van der Waals surface area contributed by atoms with Crippen molar-refractivity contribution in [2.24, 2.45) is 17.6 Å². The standard InChI is InChI=1S/C53H61Br2F2N11O10/c1-73-47-25-39-45(61-32-63-50(39)65-43-5-3-37(55)24-41(43)57)27-48(47)78-30-34-8-14-68(15-9-34)53(72)76-21-18-66(16-19-74-51(70)59-11-10-58)17-20-75-52(71)67-12-6-33(7-13-67)29-77-46-26-44-38(22-35(46)28-69)49(62-31-60-44)64-42-4-2-36(54)23-40(42)56/h2-5,22-27,31-34,69H,6-21,28-30,58H2,1H3,(H,59,70)(H,60,62,64)(H,61,63,65). The minimum atomic E-state index is -0.607. The fraction of sp³-hybridized carbons (Fsp3) is 0.415. The molecule has 78 heavy (non-hydrogen) atoms. The molecule has 2 aliphatic heterocycles. The number of fused-ring (bicyclic) bond motifs is 2. The van der Waals surface area contributed by atoms with Crippen LogP contribution in [0.3, 0.4) is 0 Å². The van der Waals surface area contributed by atoms with Gasteiger partial charge in [-0.3, -0.25) is 4.90 Å². The maximum atomic E-state index is 14.6. The molecule has 6 N–H and O–H groups in total. The van der Waals surface area contributed by atoms with Crippen molar-refractivity contribution >= 4 is 95.0 Å². The first-order chi connectivity index (χ1) is 37.9. The Morgan fingerprint density at radius 2 is 1.17 bits per heavy atom. The number of nitrogens with one attached hydrogen (secondary N) is 3. The number of aliphatic hydroxyl groups is 1. The molecule has 416 valence electrons. The molecule has 21 nitrogen and oxygen atoms in total. The average Bonchev–Trinajstić information content (AvgIpc) is 3.50. The summed E-state index contributed by atoms with van der Waals surface area (Å²) in [7, 11) is 1.54. The number of likely N-dealkylation sites (tertiary alicyclic amines) is 2. The smallest absolute Gasteiger partial charge is 0.409 e. The van der Waals surface area contributed by atoms with E-state index >= 15 is 0 Å². The molecule has 2 aliphatic rings. The molecule has 0 unspecified atom stereocenters. The number of anilines is 4. The SMILES string of the molecule is COc1cc2c(Nc3ccc(Br)cc3F)ncnc2cc1OCC1CCN(C(=O)OCCN(CCOC(=O)NCCN)CCOC(=O)N2CCC(COc3cc4ncnc(Nc5ccc(Br)cc5F)c4cc3CO)CC2)CC1. The summed E-state index contributed by atoms with van der Waals surface area (Å²) in [6.07, 6.45) is 3.93. The van der Waals surface area contributed by atoms with E-state index in [1.807, 2.05) is 4.90 Å². The minimum Gasteiger partial charge on any atom is -0.493 e. The van der Waals surface area contributed by atoms with Gasteiger partial charge in [0.2, 0.25) is 0 Å². The molecular formula is C53H61Br2F2N11O10. The van der Waals surface area contributed by atoms with Crippen molar-refractivity contribution in [3.8, 4) is 17.2 Å². The number of amides is 3. The second kappa shape index (κ2) is 28.1. The summed E-state index contributed by atoms with van der Waals surface area (Å²) in [5, 5.41) is 20.1. The highest BCUT2D eigenvalue weighted by atomic mass is 79.9. The van der Waals surface area contributed by atoms with Crippen LogP contribution in [0.25, 0.3) is 21.8 Å². The van der Waals surface area contributed by atoms with Crippen LogP contribution in [0.4, 0.5) is 46.2 Å². The molecular weight excluding hydrogens is 1150 g/mol. The van der Waals surface area contributed by atoms with Gasteiger partial charge in [0.25, 0.3) is 0 Å². The highest BCUT2D eigenvalue weighted by Gasteiger charge is 2.27. The van der Waals surface area contributed by atoms with Gasteiger partial charge in [-0.25, -0.2) is 43.1 Å². The molecule has 0 saturated carbocycles. The predicted molar refractivity (Wildman–Crippen MR) is 293 cm³/mol. The van der Waals surface area contributed by atoms with Crippen molar-refractivity contribution < 1.29 is 56.7 Å². The minimum absolute atomic E-state index is 0.0351. The van der Waals surface area contributed by atoms with Crippen LogP contribution in [0.15, 0.2) is 82.3 Å². The van der Waals surface area contributed by atoms with Crippen molar-refractivity contribution in [2.45, 2.75) is 32.3 Å². The van der Waals surface area contributed by atoms with Crippen LogP contribution in [0.5, 0.6) is 17.2 Å². The Hall–Kier alpha value is -6.93. The largest absolute Gasteiger partial charge is 0.493 e. The van der Waals surface area contributed by atoms with Gasteiger partial charge in [-0.15, -0.1) is 0 Å². The third-order valence-corrected chi connectivity index (χ3v) is 14.3. The molecule has 0 atom stereocenters. The van der Waals surface area contributed by atoms with E-state index in [9.17, 15) is 28.3 Å². The number of hydrogen-bond donors (Lipinski definition) is 5. The van der Waals surface area contributed by atoms with Crippen molar-refractivity contribution in [1.82, 2.24) is 40.0 Å².